The van der Waals surface area contributed by atoms with E-state index in [2.05, 4.69) is 53.5 Å². The topological polar surface area (TPSA) is 21.3 Å². The van der Waals surface area contributed by atoms with Gasteiger partial charge in [0.15, 0.2) is 0 Å². The summed E-state index contributed by atoms with van der Waals surface area (Å²) in [4.78, 5) is 0. The third-order valence-corrected chi connectivity index (χ3v) is 5.46. The van der Waals surface area contributed by atoms with Crippen LogP contribution in [-0.4, -0.2) is 17.5 Å². The molecular weight excluding hydrogens is 278 g/mol. The lowest BCUT2D eigenvalue weighted by Crippen LogP contribution is -2.38. The summed E-state index contributed by atoms with van der Waals surface area (Å²) in [5, 5.41) is 3.87. The average molecular weight is 297 g/mol. The second kappa shape index (κ2) is 5.74. The number of ether oxygens (including phenoxy) is 1. The Bertz CT molecular complexity index is 591. The summed E-state index contributed by atoms with van der Waals surface area (Å²) in [5.41, 5.74) is 2.51. The molecule has 108 valence electrons. The minimum absolute atomic E-state index is 0.245. The zero-order chi connectivity index (χ0) is 14.1. The summed E-state index contributed by atoms with van der Waals surface area (Å²) in [7, 11) is 0. The highest BCUT2D eigenvalue weighted by Gasteiger charge is 2.28. The fourth-order valence-electron chi connectivity index (χ4n) is 3.20. The molecule has 21 heavy (non-hydrogen) atoms. The number of rotatable bonds is 2. The molecule has 2 aromatic rings. The molecule has 0 spiro atoms. The molecule has 0 aromatic heterocycles. The summed E-state index contributed by atoms with van der Waals surface area (Å²) < 4.78 is 6.05. The molecule has 1 unspecified atom stereocenters. The number of nitrogens with one attached hydrogen (secondary N) is 1. The van der Waals surface area contributed by atoms with Crippen LogP contribution >= 0.6 is 11.8 Å². The Hall–Kier alpha value is -1.45. The van der Waals surface area contributed by atoms with Crippen molar-refractivity contribution in [1.82, 2.24) is 5.32 Å². The molecule has 2 heterocycles. The fourth-order valence-corrected chi connectivity index (χ4v) is 4.28. The highest BCUT2D eigenvalue weighted by Crippen LogP contribution is 2.43. The highest BCUT2D eigenvalue weighted by atomic mass is 32.2. The van der Waals surface area contributed by atoms with Crippen LogP contribution in [-0.2, 0) is 0 Å². The third kappa shape index (κ3) is 2.56. The van der Waals surface area contributed by atoms with E-state index in [9.17, 15) is 0 Å². The molecule has 4 rings (SSSR count). The zero-order valence-corrected chi connectivity index (χ0v) is 12.7. The number of hydrogen-bond acceptors (Lipinski definition) is 3. The SMILES string of the molecule is c1ccc2c(c1)Oc1ccccc1C2NC1CCCSC1. The predicted octanol–water partition coefficient (Wildman–Crippen LogP) is 4.37. The van der Waals surface area contributed by atoms with Crippen molar-refractivity contribution in [1.29, 1.82) is 0 Å². The minimum Gasteiger partial charge on any atom is -0.457 e. The molecule has 3 heteroatoms. The van der Waals surface area contributed by atoms with Crippen molar-refractivity contribution in [3.8, 4) is 11.5 Å². The first-order chi connectivity index (χ1) is 10.4. The van der Waals surface area contributed by atoms with Gasteiger partial charge >= 0.3 is 0 Å². The van der Waals surface area contributed by atoms with Crippen molar-refractivity contribution in [3.63, 3.8) is 0 Å². The predicted molar refractivity (Wildman–Crippen MR) is 88.3 cm³/mol. The van der Waals surface area contributed by atoms with Gasteiger partial charge in [-0.3, -0.25) is 0 Å². The number of fused-ring (bicyclic) bond motifs is 2. The second-order valence-corrected chi connectivity index (χ2v) is 6.84. The van der Waals surface area contributed by atoms with Crippen molar-refractivity contribution in [2.45, 2.75) is 24.9 Å². The largest absolute Gasteiger partial charge is 0.457 e. The number of thioether (sulfide) groups is 1. The van der Waals surface area contributed by atoms with E-state index in [4.69, 9.17) is 4.74 Å². The molecule has 2 aromatic carbocycles. The van der Waals surface area contributed by atoms with Crippen LogP contribution in [0.15, 0.2) is 48.5 Å². The smallest absolute Gasteiger partial charge is 0.132 e. The van der Waals surface area contributed by atoms with E-state index in [1.165, 1.54) is 35.5 Å². The molecule has 1 atom stereocenters. The van der Waals surface area contributed by atoms with Gasteiger partial charge in [-0.25, -0.2) is 0 Å². The van der Waals surface area contributed by atoms with Crippen LogP contribution < -0.4 is 10.1 Å². The summed E-state index contributed by atoms with van der Waals surface area (Å²) in [6.07, 6.45) is 2.59. The van der Waals surface area contributed by atoms with E-state index < -0.39 is 0 Å². The molecule has 0 bridgehead atoms. The molecule has 0 amide bonds. The van der Waals surface area contributed by atoms with E-state index >= 15 is 0 Å². The Labute approximate surface area is 129 Å². The standard InChI is InChI=1S/C18H19NOS/c1-3-9-16-14(7-1)18(19-13-6-5-11-21-12-13)15-8-2-4-10-17(15)20-16/h1-4,7-10,13,18-19H,5-6,11-12H2. The minimum atomic E-state index is 0.245. The molecule has 1 saturated heterocycles. The van der Waals surface area contributed by atoms with E-state index in [0.717, 1.165) is 11.5 Å². The lowest BCUT2D eigenvalue weighted by molar-refractivity contribution is 0.402. The summed E-state index contributed by atoms with van der Waals surface area (Å²) in [6, 6.07) is 17.6. The molecule has 1 N–H and O–H groups in total. The van der Waals surface area contributed by atoms with Crippen LogP contribution in [0.2, 0.25) is 0 Å². The van der Waals surface area contributed by atoms with Gasteiger partial charge in [-0.1, -0.05) is 36.4 Å². The Balaban J connectivity index is 1.70. The number of benzene rings is 2. The van der Waals surface area contributed by atoms with E-state index in [1.807, 2.05) is 12.1 Å². The Kier molecular flexibility index (Phi) is 3.62. The van der Waals surface area contributed by atoms with Crippen LogP contribution in [0, 0.1) is 0 Å². The number of hydrogen-bond donors (Lipinski definition) is 1. The first-order valence-corrected chi connectivity index (χ1v) is 8.77. The van der Waals surface area contributed by atoms with Crippen LogP contribution in [0.1, 0.15) is 30.0 Å². The molecule has 2 nitrogen and oxygen atoms in total. The molecule has 0 aliphatic carbocycles. The lowest BCUT2D eigenvalue weighted by Gasteiger charge is -2.33. The maximum atomic E-state index is 6.05. The van der Waals surface area contributed by atoms with Gasteiger partial charge in [-0.2, -0.15) is 11.8 Å². The molecule has 2 aliphatic rings. The van der Waals surface area contributed by atoms with E-state index in [0.29, 0.717) is 6.04 Å². The van der Waals surface area contributed by atoms with Gasteiger partial charge < -0.3 is 10.1 Å². The van der Waals surface area contributed by atoms with Gasteiger partial charge in [-0.05, 0) is 30.7 Å². The van der Waals surface area contributed by atoms with Crippen molar-refractivity contribution < 1.29 is 4.74 Å². The second-order valence-electron chi connectivity index (χ2n) is 5.69. The van der Waals surface area contributed by atoms with Crippen LogP contribution in [0.25, 0.3) is 0 Å². The van der Waals surface area contributed by atoms with Crippen molar-refractivity contribution in [2.75, 3.05) is 11.5 Å². The van der Waals surface area contributed by atoms with E-state index in [-0.39, 0.29) is 6.04 Å². The summed E-state index contributed by atoms with van der Waals surface area (Å²) in [6.45, 7) is 0. The zero-order valence-electron chi connectivity index (χ0n) is 11.9. The first-order valence-electron chi connectivity index (χ1n) is 7.61. The van der Waals surface area contributed by atoms with Gasteiger partial charge in [0.25, 0.3) is 0 Å². The van der Waals surface area contributed by atoms with Crippen LogP contribution in [0.3, 0.4) is 0 Å². The first kappa shape index (κ1) is 13.2. The van der Waals surface area contributed by atoms with Crippen molar-refractivity contribution in [2.24, 2.45) is 0 Å². The quantitative estimate of drug-likeness (QED) is 0.889. The maximum Gasteiger partial charge on any atom is 0.132 e. The van der Waals surface area contributed by atoms with Gasteiger partial charge in [0.05, 0.1) is 6.04 Å². The van der Waals surface area contributed by atoms with Crippen molar-refractivity contribution in [3.05, 3.63) is 59.7 Å². The third-order valence-electron chi connectivity index (χ3n) is 4.24. The van der Waals surface area contributed by atoms with Crippen LogP contribution in [0.4, 0.5) is 0 Å². The molecule has 0 saturated carbocycles. The lowest BCUT2D eigenvalue weighted by atomic mass is 9.93. The van der Waals surface area contributed by atoms with E-state index in [1.54, 1.807) is 0 Å². The van der Waals surface area contributed by atoms with Crippen molar-refractivity contribution >= 4 is 11.8 Å². The average Bonchev–Trinajstić information content (AvgIpc) is 2.55. The van der Waals surface area contributed by atoms with Gasteiger partial charge in [0.1, 0.15) is 11.5 Å². The molecule has 1 fully saturated rings. The van der Waals surface area contributed by atoms with Gasteiger partial charge in [0, 0.05) is 22.9 Å². The summed E-state index contributed by atoms with van der Waals surface area (Å²) in [5.74, 6) is 4.48. The number of para-hydroxylation sites is 2. The normalized spacial score (nSPS) is 21.2. The Morgan fingerprint density at radius 1 is 0.952 bits per heavy atom. The van der Waals surface area contributed by atoms with Crippen LogP contribution in [0.5, 0.6) is 11.5 Å². The Morgan fingerprint density at radius 2 is 1.62 bits per heavy atom. The molecule has 2 aliphatic heterocycles. The summed E-state index contributed by atoms with van der Waals surface area (Å²) >= 11 is 2.06. The van der Waals surface area contributed by atoms with Gasteiger partial charge in [-0.15, -0.1) is 0 Å². The molecule has 0 radical (unpaired) electrons. The highest BCUT2D eigenvalue weighted by molar-refractivity contribution is 7.99. The molecular formula is C18H19NOS. The maximum absolute atomic E-state index is 6.05. The monoisotopic (exact) mass is 297 g/mol. The fraction of sp³-hybridized carbons (Fsp3) is 0.333. The Morgan fingerprint density at radius 3 is 2.24 bits per heavy atom. The van der Waals surface area contributed by atoms with Gasteiger partial charge in [0.2, 0.25) is 0 Å².